The van der Waals surface area contributed by atoms with Crippen molar-refractivity contribution >= 4 is 5.91 Å². The van der Waals surface area contributed by atoms with Crippen molar-refractivity contribution in [1.29, 1.82) is 0 Å². The Hall–Kier alpha value is -1.19. The highest BCUT2D eigenvalue weighted by molar-refractivity contribution is 5.76. The van der Waals surface area contributed by atoms with Gasteiger partial charge in [0.05, 0.1) is 12.3 Å². The Morgan fingerprint density at radius 1 is 0.758 bits per heavy atom. The van der Waals surface area contributed by atoms with E-state index in [0.717, 1.165) is 12.8 Å². The second-order valence-electron chi connectivity index (χ2n) is 10.2. The van der Waals surface area contributed by atoms with Gasteiger partial charge in [0.15, 0.2) is 0 Å². The monoisotopic (exact) mass is 463 g/mol. The zero-order valence-corrected chi connectivity index (χ0v) is 22.5. The third kappa shape index (κ3) is 16.1. The normalized spacial score (nSPS) is 16.2. The van der Waals surface area contributed by atoms with Gasteiger partial charge in [0.2, 0.25) is 5.91 Å². The number of carbonyl (C=O) groups is 1. The number of hydrogen-bond acceptors (Lipinski definition) is 3. The van der Waals surface area contributed by atoms with Crippen LogP contribution in [0.2, 0.25) is 0 Å². The van der Waals surface area contributed by atoms with Crippen molar-refractivity contribution in [3.05, 3.63) is 12.4 Å². The molecule has 0 aromatic heterocycles. The average Bonchev–Trinajstić information content (AvgIpc) is 3.28. The van der Waals surface area contributed by atoms with Crippen LogP contribution in [0.5, 0.6) is 0 Å². The minimum absolute atomic E-state index is 0.0513. The summed E-state index contributed by atoms with van der Waals surface area (Å²) in [5.74, 6) is 0.198. The van der Waals surface area contributed by atoms with Gasteiger partial charge in [0.1, 0.15) is 0 Å². The van der Waals surface area contributed by atoms with Crippen LogP contribution in [0.1, 0.15) is 156 Å². The predicted molar refractivity (Wildman–Crippen MR) is 144 cm³/mol. The molecule has 2 atom stereocenters. The van der Waals surface area contributed by atoms with Gasteiger partial charge < -0.3 is 15.5 Å². The Morgan fingerprint density at radius 3 is 1.73 bits per heavy atom. The quantitative estimate of drug-likeness (QED) is 0.150. The van der Waals surface area contributed by atoms with E-state index >= 15 is 0 Å². The molecule has 4 heteroatoms. The third-order valence-electron chi connectivity index (χ3n) is 7.05. The van der Waals surface area contributed by atoms with Gasteiger partial charge in [-0.1, -0.05) is 123 Å². The summed E-state index contributed by atoms with van der Waals surface area (Å²) in [5, 5.41) is 6.68. The molecule has 0 saturated carbocycles. The fraction of sp³-hybridized carbons (Fsp3) is 0.897. The number of carbonyl (C=O) groups excluding carboxylic acids is 1. The smallest absolute Gasteiger partial charge is 0.221 e. The molecular formula is C29H57N3O. The van der Waals surface area contributed by atoms with Crippen LogP contribution in [-0.2, 0) is 4.79 Å². The lowest BCUT2D eigenvalue weighted by Gasteiger charge is -2.32. The fourth-order valence-corrected chi connectivity index (χ4v) is 4.86. The van der Waals surface area contributed by atoms with Crippen LogP contribution in [0.3, 0.4) is 0 Å². The SMILES string of the molecule is CCCCCCCCCCCCC1NC=CN1C(C)NC(=O)CCCCCCCCCCC. The van der Waals surface area contributed by atoms with Crippen LogP contribution in [0.25, 0.3) is 0 Å². The predicted octanol–water partition coefficient (Wildman–Crippen LogP) is 8.38. The molecule has 194 valence electrons. The van der Waals surface area contributed by atoms with E-state index < -0.39 is 0 Å². The molecule has 0 saturated heterocycles. The van der Waals surface area contributed by atoms with Crippen molar-refractivity contribution in [1.82, 2.24) is 15.5 Å². The summed E-state index contributed by atoms with van der Waals surface area (Å²) in [7, 11) is 0. The molecule has 1 amide bonds. The molecule has 1 aliphatic rings. The van der Waals surface area contributed by atoms with Gasteiger partial charge in [-0.25, -0.2) is 0 Å². The lowest BCUT2D eigenvalue weighted by Crippen LogP contribution is -2.49. The zero-order chi connectivity index (χ0) is 24.0. The third-order valence-corrected chi connectivity index (χ3v) is 7.05. The van der Waals surface area contributed by atoms with E-state index in [9.17, 15) is 4.79 Å². The molecule has 0 aromatic rings. The summed E-state index contributed by atoms with van der Waals surface area (Å²) in [6, 6.07) is 0. The van der Waals surface area contributed by atoms with E-state index in [1.165, 1.54) is 116 Å². The first kappa shape index (κ1) is 29.8. The molecule has 4 nitrogen and oxygen atoms in total. The standard InChI is InChI=1S/C29H57N3O/c1-4-6-8-10-12-14-16-17-19-21-23-28-30-25-26-32(28)27(3)31-29(33)24-22-20-18-15-13-11-9-7-5-2/h25-28,30H,4-24H2,1-3H3,(H,31,33). The van der Waals surface area contributed by atoms with Crippen LogP contribution < -0.4 is 10.6 Å². The van der Waals surface area contributed by atoms with Crippen LogP contribution in [0.4, 0.5) is 0 Å². The van der Waals surface area contributed by atoms with E-state index in [4.69, 9.17) is 0 Å². The Kier molecular flexibility index (Phi) is 19.3. The number of unbranched alkanes of at least 4 members (excludes halogenated alkanes) is 17. The number of nitrogens with one attached hydrogen (secondary N) is 2. The topological polar surface area (TPSA) is 44.4 Å². The highest BCUT2D eigenvalue weighted by Crippen LogP contribution is 2.17. The lowest BCUT2D eigenvalue weighted by atomic mass is 10.1. The summed E-state index contributed by atoms with van der Waals surface area (Å²) in [5.41, 5.74) is 0. The molecule has 0 aromatic carbocycles. The zero-order valence-electron chi connectivity index (χ0n) is 22.5. The van der Waals surface area contributed by atoms with E-state index in [1.54, 1.807) is 0 Å². The maximum atomic E-state index is 12.4. The maximum absolute atomic E-state index is 12.4. The molecule has 1 rings (SSSR count). The summed E-state index contributed by atoms with van der Waals surface area (Å²) in [6.07, 6.45) is 31.6. The number of hydrogen-bond donors (Lipinski definition) is 2. The Labute approximate surface area is 206 Å². The molecule has 33 heavy (non-hydrogen) atoms. The van der Waals surface area contributed by atoms with Crippen LogP contribution in [0.15, 0.2) is 12.4 Å². The fourth-order valence-electron chi connectivity index (χ4n) is 4.86. The molecule has 0 aliphatic carbocycles. The summed E-state index contributed by atoms with van der Waals surface area (Å²) < 4.78 is 0. The Balaban J connectivity index is 2.03. The van der Waals surface area contributed by atoms with Crippen molar-refractivity contribution in [3.8, 4) is 0 Å². The molecule has 0 radical (unpaired) electrons. The summed E-state index contributed by atoms with van der Waals surface area (Å²) >= 11 is 0. The van der Waals surface area contributed by atoms with Crippen molar-refractivity contribution in [2.45, 2.75) is 168 Å². The van der Waals surface area contributed by atoms with Gasteiger partial charge in [-0.2, -0.15) is 0 Å². The van der Waals surface area contributed by atoms with Gasteiger partial charge in [-0.3, -0.25) is 4.79 Å². The first-order chi connectivity index (χ1) is 16.2. The van der Waals surface area contributed by atoms with E-state index in [2.05, 4.69) is 42.5 Å². The lowest BCUT2D eigenvalue weighted by molar-refractivity contribution is -0.122. The average molecular weight is 464 g/mol. The summed E-state index contributed by atoms with van der Waals surface area (Å²) in [4.78, 5) is 14.7. The highest BCUT2D eigenvalue weighted by atomic mass is 16.1. The first-order valence-corrected chi connectivity index (χ1v) is 14.7. The van der Waals surface area contributed by atoms with Gasteiger partial charge >= 0.3 is 0 Å². The summed E-state index contributed by atoms with van der Waals surface area (Å²) in [6.45, 7) is 6.65. The molecule has 1 heterocycles. The van der Waals surface area contributed by atoms with Gasteiger partial charge in [-0.15, -0.1) is 0 Å². The van der Waals surface area contributed by atoms with Crippen LogP contribution in [0, 0.1) is 0 Å². The van der Waals surface area contributed by atoms with Gasteiger partial charge in [0.25, 0.3) is 0 Å². The largest absolute Gasteiger partial charge is 0.370 e. The van der Waals surface area contributed by atoms with E-state index in [0.29, 0.717) is 12.6 Å². The second-order valence-corrected chi connectivity index (χ2v) is 10.2. The Bertz CT molecular complexity index is 479. The number of amides is 1. The first-order valence-electron chi connectivity index (χ1n) is 14.7. The van der Waals surface area contributed by atoms with Crippen molar-refractivity contribution in [2.75, 3.05) is 0 Å². The molecule has 0 spiro atoms. The molecule has 0 fully saturated rings. The van der Waals surface area contributed by atoms with Crippen molar-refractivity contribution < 1.29 is 4.79 Å². The van der Waals surface area contributed by atoms with E-state index in [1.807, 2.05) is 6.20 Å². The molecule has 1 aliphatic heterocycles. The van der Waals surface area contributed by atoms with Crippen molar-refractivity contribution in [3.63, 3.8) is 0 Å². The van der Waals surface area contributed by atoms with E-state index in [-0.39, 0.29) is 12.1 Å². The van der Waals surface area contributed by atoms with Gasteiger partial charge in [-0.05, 0) is 26.2 Å². The highest BCUT2D eigenvalue weighted by Gasteiger charge is 2.23. The number of rotatable bonds is 23. The minimum atomic E-state index is 0.0513. The maximum Gasteiger partial charge on any atom is 0.221 e. The van der Waals surface area contributed by atoms with Gasteiger partial charge in [0, 0.05) is 18.8 Å². The number of nitrogens with zero attached hydrogens (tertiary/aromatic N) is 1. The van der Waals surface area contributed by atoms with Crippen molar-refractivity contribution in [2.24, 2.45) is 0 Å². The van der Waals surface area contributed by atoms with Crippen LogP contribution >= 0.6 is 0 Å². The minimum Gasteiger partial charge on any atom is -0.370 e. The van der Waals surface area contributed by atoms with Crippen LogP contribution in [-0.4, -0.2) is 23.1 Å². The molecule has 2 N–H and O–H groups in total. The second kappa shape index (κ2) is 21.4. The molecule has 2 unspecified atom stereocenters. The molecule has 0 bridgehead atoms. The molecular weight excluding hydrogens is 406 g/mol. The Morgan fingerprint density at radius 2 is 1.21 bits per heavy atom.